The lowest BCUT2D eigenvalue weighted by Gasteiger charge is -2.29. The van der Waals surface area contributed by atoms with Gasteiger partial charge in [0, 0.05) is 39.3 Å². The molecule has 8 atom stereocenters. The van der Waals surface area contributed by atoms with Crippen LogP contribution in [0.3, 0.4) is 0 Å². The lowest BCUT2D eigenvalue weighted by atomic mass is 9.77. The van der Waals surface area contributed by atoms with Crippen LogP contribution in [0.4, 0.5) is 0 Å². The third kappa shape index (κ3) is 56.7. The fourth-order valence-electron chi connectivity index (χ4n) is 18.3. The maximum absolute atomic E-state index is 10.8. The minimum absolute atomic E-state index is 0.277. The highest BCUT2D eigenvalue weighted by atomic mass is 32.2. The van der Waals surface area contributed by atoms with Crippen LogP contribution in [0.15, 0.2) is 145 Å². The van der Waals surface area contributed by atoms with Crippen LogP contribution < -0.4 is 0 Å². The number of likely N-dealkylation sites (N-methyl/N-ethyl adjacent to an activating group) is 3. The Morgan fingerprint density at radius 2 is 0.367 bits per heavy atom. The van der Waals surface area contributed by atoms with Crippen LogP contribution >= 0.6 is 0 Å². The second-order valence-corrected chi connectivity index (χ2v) is 47.1. The number of rotatable bonds is 0. The number of sulfone groups is 1. The van der Waals surface area contributed by atoms with Crippen LogP contribution in [0.25, 0.3) is 0 Å². The molecule has 742 valence electrons. The average Bonchev–Trinajstić information content (AvgIpc) is 1.72. The van der Waals surface area contributed by atoms with Crippen molar-refractivity contribution in [2.24, 2.45) is 47.3 Å². The van der Waals surface area contributed by atoms with Gasteiger partial charge in [0.15, 0.2) is 9.84 Å². The average molecular weight is 1800 g/mol. The van der Waals surface area contributed by atoms with Gasteiger partial charge in [0.2, 0.25) is 0 Å². The molecule has 4 fully saturated rings. The van der Waals surface area contributed by atoms with Crippen LogP contribution in [-0.4, -0.2) is 108 Å². The molecule has 4 saturated carbocycles. The van der Waals surface area contributed by atoms with Crippen molar-refractivity contribution < 1.29 is 13.2 Å². The zero-order valence-electron chi connectivity index (χ0n) is 92.9. The van der Waals surface area contributed by atoms with E-state index in [1.54, 1.807) is 123 Å². The molecule has 5 heterocycles. The van der Waals surface area contributed by atoms with E-state index in [0.29, 0.717) is 0 Å². The van der Waals surface area contributed by atoms with E-state index in [9.17, 15) is 8.42 Å². The summed E-state index contributed by atoms with van der Waals surface area (Å²) in [4.78, 5) is 7.05. The quantitative estimate of drug-likeness (QED) is 0.225. The summed E-state index contributed by atoms with van der Waals surface area (Å²) in [5.74, 6) is 8.75. The van der Waals surface area contributed by atoms with E-state index in [1.807, 2.05) is 13.8 Å². The molecule has 0 saturated heterocycles. The molecule has 128 heavy (non-hydrogen) atoms. The predicted octanol–water partition coefficient (Wildman–Crippen LogP) is 37.3. The van der Waals surface area contributed by atoms with Gasteiger partial charge in [0.25, 0.3) is 0 Å². The third-order valence-electron chi connectivity index (χ3n) is 33.0. The molecule has 0 aromatic rings. The second-order valence-electron chi connectivity index (χ2n) is 45.1. The van der Waals surface area contributed by atoms with E-state index in [-0.39, 0.29) is 11.5 Å². The summed E-state index contributed by atoms with van der Waals surface area (Å²) in [7, 11) is 3.79. The molecule has 5 aliphatic heterocycles. The summed E-state index contributed by atoms with van der Waals surface area (Å²) in [5.41, 5.74) is 40.3. The van der Waals surface area contributed by atoms with Crippen LogP contribution in [0.2, 0.25) is 0 Å². The molecular formula is C121H219N3O3S. The molecule has 0 N–H and O–H groups in total. The predicted molar refractivity (Wildman–Crippen MR) is 579 cm³/mol. The highest BCUT2D eigenvalue weighted by Crippen LogP contribution is 2.37. The van der Waals surface area contributed by atoms with Crippen molar-refractivity contribution in [3.8, 4) is 0 Å². The van der Waals surface area contributed by atoms with Crippen molar-refractivity contribution >= 4 is 9.84 Å². The Hall–Kier alpha value is -3.59. The fraction of sp³-hybridized carbons (Fsp3) is 0.785. The molecule has 0 radical (unpaired) electrons. The molecular weight excluding hydrogens is 1580 g/mol. The van der Waals surface area contributed by atoms with Gasteiger partial charge in [-0.25, -0.2) is 8.42 Å². The summed E-state index contributed by atoms with van der Waals surface area (Å²) in [5, 5.41) is 0. The van der Waals surface area contributed by atoms with E-state index in [0.717, 1.165) is 71.7 Å². The monoisotopic (exact) mass is 1790 g/mol. The van der Waals surface area contributed by atoms with Crippen molar-refractivity contribution in [1.82, 2.24) is 14.7 Å². The first-order valence-electron chi connectivity index (χ1n) is 53.4. The molecule has 8 unspecified atom stereocenters. The van der Waals surface area contributed by atoms with E-state index in [4.69, 9.17) is 4.74 Å². The van der Waals surface area contributed by atoms with Crippen molar-refractivity contribution in [2.75, 3.05) is 85.1 Å². The minimum atomic E-state index is -2.72. The molecule has 0 aromatic heterocycles. The first kappa shape index (κ1) is 122. The Kier molecular flexibility index (Phi) is 65.4. The van der Waals surface area contributed by atoms with Crippen molar-refractivity contribution in [3.05, 3.63) is 145 Å². The zero-order valence-corrected chi connectivity index (χ0v) is 93.8. The van der Waals surface area contributed by atoms with Gasteiger partial charge in [0.05, 0.1) is 24.7 Å². The Balaban J connectivity index is 0.000000681. The minimum Gasteiger partial charge on any atom is -0.373 e. The maximum atomic E-state index is 10.8. The molecule has 0 spiro atoms. The van der Waals surface area contributed by atoms with Gasteiger partial charge in [-0.2, -0.15) is 0 Å². The van der Waals surface area contributed by atoms with Crippen molar-refractivity contribution in [1.29, 1.82) is 0 Å². The molecule has 12 aliphatic carbocycles. The molecule has 7 heteroatoms. The van der Waals surface area contributed by atoms with Crippen LogP contribution in [0.1, 0.15) is 492 Å². The number of ether oxygens (including phenoxy) is 1. The van der Waals surface area contributed by atoms with Gasteiger partial charge in [-0.3, -0.25) is 4.90 Å². The van der Waals surface area contributed by atoms with E-state index < -0.39 is 9.84 Å². The first-order chi connectivity index (χ1) is 60.1. The standard InChI is InChI=1S/2C8H15N.C8H16.4C8H14.C7H13N.C7H14.4C7H12.C6H10O2S.C6H10O.C6H12.C5H10/c2*1-7-4-5-9(3)6-8(7)2;5*1-7-5-3-4-6-8(7)2;1-6-4-8(3)5-7(6)2;5*1-6-4-3-5-7(6)2;1-5-3-9(7,8)4-6(5)2;1-5-3-7-4-6(5)2;1-5-3-4-6(5)2;1-4-3-5(4)2/h2*4-6H2,1-3H3;7-8H,3-6H2,1-2H3;4*3-6H2,1-2H3;4-5H2,1-3H3;6-7H,3-5H2,1-2H3;4*3-5H2,1-2H3;3-4H2,1-2H3;3-4H2,1-2H3;5-6H,3-4H2,1-2H3;4-5H,3H2,1-2H3. The van der Waals surface area contributed by atoms with Crippen LogP contribution in [-0.2, 0) is 14.6 Å². The lowest BCUT2D eigenvalue weighted by Crippen LogP contribution is -2.26. The highest BCUT2D eigenvalue weighted by Gasteiger charge is 2.27. The van der Waals surface area contributed by atoms with Crippen molar-refractivity contribution in [3.63, 3.8) is 0 Å². The first-order valence-corrected chi connectivity index (χ1v) is 55.2. The van der Waals surface area contributed by atoms with Crippen LogP contribution in [0, 0.1) is 47.3 Å². The molecule has 0 bridgehead atoms. The smallest absolute Gasteiger partial charge is 0.157 e. The van der Waals surface area contributed by atoms with Gasteiger partial charge in [-0.05, 0) is 459 Å². The Labute approximate surface area is 802 Å². The molecule has 17 aliphatic rings. The SMILES string of the molecule is CC1=C(C)CCC1.CC1=C(C)CCC1.CC1=C(C)CCC1.CC1=C(C)CCC1.CC1=C(C)CCCC1.CC1=C(C)CCCC1.CC1=C(C)CCCC1.CC1=C(C)CCCC1.CC1=C(C)CN(C)C1.CC1=C(C)CN(C)CC1.CC1=C(C)CN(C)CC1.CC1=C(C)COC1.CC1=C(C)CS(=O)(=O)C1.CC1CC1C.CC1CCC1C.CC1CCCC1C.CC1CCCCC1C. The molecule has 0 aromatic carbocycles. The van der Waals surface area contributed by atoms with E-state index in [1.165, 1.54) is 307 Å². The summed E-state index contributed by atoms with van der Waals surface area (Å²) < 4.78 is 26.7. The highest BCUT2D eigenvalue weighted by molar-refractivity contribution is 7.92. The molecule has 17 rings (SSSR count). The number of nitrogens with zero attached hydrogens (tertiary/aromatic N) is 3. The normalized spacial score (nSPS) is 26.5. The Bertz CT molecular complexity index is 3250. The van der Waals surface area contributed by atoms with Gasteiger partial charge in [-0.15, -0.1) is 0 Å². The molecule has 0 amide bonds. The summed E-state index contributed by atoms with van der Waals surface area (Å²) in [6, 6.07) is 0. The lowest BCUT2D eigenvalue weighted by molar-refractivity contribution is 0.204. The maximum Gasteiger partial charge on any atom is 0.157 e. The third-order valence-corrected chi connectivity index (χ3v) is 34.7. The summed E-state index contributed by atoms with van der Waals surface area (Å²) in [6.07, 6.45) is 55.9. The van der Waals surface area contributed by atoms with Gasteiger partial charge < -0.3 is 14.5 Å². The fourth-order valence-corrected chi connectivity index (χ4v) is 20.2. The number of allylic oxidation sites excluding steroid dienone is 16. The molecule has 6 nitrogen and oxygen atoms in total. The summed E-state index contributed by atoms with van der Waals surface area (Å²) >= 11 is 0. The van der Waals surface area contributed by atoms with Gasteiger partial charge >= 0.3 is 0 Å². The van der Waals surface area contributed by atoms with Crippen molar-refractivity contribution in [2.45, 2.75) is 492 Å². The van der Waals surface area contributed by atoms with E-state index in [2.05, 4.69) is 257 Å². The Morgan fingerprint density at radius 1 is 0.195 bits per heavy atom. The topological polar surface area (TPSA) is 53.1 Å². The van der Waals surface area contributed by atoms with Gasteiger partial charge in [-0.1, -0.05) is 247 Å². The summed E-state index contributed by atoms with van der Waals surface area (Å²) in [6.45, 7) is 84.9. The van der Waals surface area contributed by atoms with Crippen LogP contribution in [0.5, 0.6) is 0 Å². The second kappa shape index (κ2) is 68.4. The van der Waals surface area contributed by atoms with Gasteiger partial charge in [0.1, 0.15) is 0 Å². The number of hydrogen-bond acceptors (Lipinski definition) is 6. The largest absolute Gasteiger partial charge is 0.373 e. The Morgan fingerprint density at radius 3 is 0.469 bits per heavy atom. The zero-order chi connectivity index (χ0) is 96.9. The number of hydrogen-bond donors (Lipinski definition) is 0. The van der Waals surface area contributed by atoms with E-state index >= 15 is 0 Å².